The van der Waals surface area contributed by atoms with E-state index in [0.29, 0.717) is 19.4 Å². The molecule has 21 heavy (non-hydrogen) atoms. The summed E-state index contributed by atoms with van der Waals surface area (Å²) in [6.45, 7) is 0.504. The molecule has 5 heteroatoms. The van der Waals surface area contributed by atoms with E-state index in [4.69, 9.17) is 5.21 Å². The van der Waals surface area contributed by atoms with Gasteiger partial charge in [-0.15, -0.1) is 0 Å². The van der Waals surface area contributed by atoms with E-state index in [1.807, 2.05) is 36.4 Å². The van der Waals surface area contributed by atoms with Crippen LogP contribution in [0.1, 0.15) is 24.8 Å². The standard InChI is InChI=1S/C16H20N2O3/c19-15(17-13-7-6-12-16(20)18-21)11-5-4-10-14-8-2-1-3-9-14/h1-5,8-11,21H,6-7,12-13H2,(H,17,19)(H,18,20)/b10-4+,11-5+. The largest absolute Gasteiger partial charge is 0.353 e. The van der Waals surface area contributed by atoms with E-state index in [-0.39, 0.29) is 12.3 Å². The first-order chi connectivity index (χ1) is 10.2. The fourth-order valence-corrected chi connectivity index (χ4v) is 1.61. The topological polar surface area (TPSA) is 78.4 Å². The summed E-state index contributed by atoms with van der Waals surface area (Å²) in [6.07, 6.45) is 8.42. The summed E-state index contributed by atoms with van der Waals surface area (Å²) in [7, 11) is 0. The van der Waals surface area contributed by atoms with Crippen molar-refractivity contribution < 1.29 is 14.8 Å². The summed E-state index contributed by atoms with van der Waals surface area (Å²) in [4.78, 5) is 22.2. The first-order valence-electron chi connectivity index (χ1n) is 6.83. The molecular formula is C16H20N2O3. The van der Waals surface area contributed by atoms with Crippen molar-refractivity contribution in [2.45, 2.75) is 19.3 Å². The molecule has 0 saturated heterocycles. The zero-order chi connectivity index (χ0) is 15.3. The van der Waals surface area contributed by atoms with Crippen LogP contribution in [0.4, 0.5) is 0 Å². The van der Waals surface area contributed by atoms with Crippen LogP contribution < -0.4 is 10.8 Å². The SMILES string of the molecule is O=C(/C=C/C=C/c1ccccc1)NCCCCC(=O)NO. The van der Waals surface area contributed by atoms with E-state index >= 15 is 0 Å². The summed E-state index contributed by atoms with van der Waals surface area (Å²) in [5.74, 6) is -0.577. The first-order valence-corrected chi connectivity index (χ1v) is 6.83. The van der Waals surface area contributed by atoms with Crippen LogP contribution in [0.3, 0.4) is 0 Å². The van der Waals surface area contributed by atoms with Gasteiger partial charge in [0.15, 0.2) is 0 Å². The lowest BCUT2D eigenvalue weighted by molar-refractivity contribution is -0.129. The van der Waals surface area contributed by atoms with Gasteiger partial charge in [0.05, 0.1) is 0 Å². The Kier molecular flexibility index (Phi) is 8.24. The third-order valence-electron chi connectivity index (χ3n) is 2.70. The Morgan fingerprint density at radius 3 is 2.57 bits per heavy atom. The minimum absolute atomic E-state index is 0.167. The highest BCUT2D eigenvalue weighted by atomic mass is 16.5. The van der Waals surface area contributed by atoms with Crippen molar-refractivity contribution in [1.82, 2.24) is 10.8 Å². The molecule has 0 bridgehead atoms. The van der Waals surface area contributed by atoms with Gasteiger partial charge in [0.1, 0.15) is 0 Å². The van der Waals surface area contributed by atoms with Gasteiger partial charge in [-0.1, -0.05) is 48.6 Å². The fraction of sp³-hybridized carbons (Fsp3) is 0.250. The number of carbonyl (C=O) groups excluding carboxylic acids is 2. The highest BCUT2D eigenvalue weighted by molar-refractivity contribution is 5.87. The van der Waals surface area contributed by atoms with Crippen LogP contribution in [-0.4, -0.2) is 23.6 Å². The third-order valence-corrected chi connectivity index (χ3v) is 2.70. The lowest BCUT2D eigenvalue weighted by atomic mass is 10.2. The molecule has 5 nitrogen and oxygen atoms in total. The molecule has 2 amide bonds. The van der Waals surface area contributed by atoms with Crippen LogP contribution in [0.15, 0.2) is 48.6 Å². The molecule has 0 aliphatic heterocycles. The lowest BCUT2D eigenvalue weighted by Crippen LogP contribution is -2.23. The minimum atomic E-state index is -0.410. The zero-order valence-electron chi connectivity index (χ0n) is 11.8. The van der Waals surface area contributed by atoms with Gasteiger partial charge in [-0.2, -0.15) is 0 Å². The Morgan fingerprint density at radius 1 is 1.10 bits per heavy atom. The average molecular weight is 288 g/mol. The van der Waals surface area contributed by atoms with E-state index < -0.39 is 5.91 Å². The van der Waals surface area contributed by atoms with Gasteiger partial charge in [-0.3, -0.25) is 14.8 Å². The van der Waals surface area contributed by atoms with E-state index in [0.717, 1.165) is 5.56 Å². The number of amides is 2. The maximum atomic E-state index is 11.5. The van der Waals surface area contributed by atoms with Crippen molar-refractivity contribution in [3.05, 3.63) is 54.1 Å². The molecule has 112 valence electrons. The van der Waals surface area contributed by atoms with Crippen molar-refractivity contribution in [2.75, 3.05) is 6.54 Å². The van der Waals surface area contributed by atoms with Gasteiger partial charge in [0, 0.05) is 19.0 Å². The number of rotatable bonds is 8. The maximum Gasteiger partial charge on any atom is 0.243 e. The number of hydrogen-bond donors (Lipinski definition) is 3. The molecule has 0 aliphatic carbocycles. The van der Waals surface area contributed by atoms with Crippen molar-refractivity contribution >= 4 is 17.9 Å². The smallest absolute Gasteiger partial charge is 0.243 e. The first kappa shape index (κ1) is 16.7. The van der Waals surface area contributed by atoms with Crippen molar-refractivity contribution in [3.63, 3.8) is 0 Å². The van der Waals surface area contributed by atoms with Crippen LogP contribution in [0, 0.1) is 0 Å². The molecule has 0 heterocycles. The Hall–Kier alpha value is -2.40. The monoisotopic (exact) mass is 288 g/mol. The van der Waals surface area contributed by atoms with Crippen molar-refractivity contribution in [1.29, 1.82) is 0 Å². The number of carbonyl (C=O) groups is 2. The fourth-order valence-electron chi connectivity index (χ4n) is 1.61. The maximum absolute atomic E-state index is 11.5. The molecule has 0 unspecified atom stereocenters. The molecular weight excluding hydrogens is 268 g/mol. The second-order valence-electron chi connectivity index (χ2n) is 4.41. The second kappa shape index (κ2) is 10.4. The number of hydroxylamine groups is 1. The minimum Gasteiger partial charge on any atom is -0.353 e. The predicted molar refractivity (Wildman–Crippen MR) is 81.4 cm³/mol. The highest BCUT2D eigenvalue weighted by Crippen LogP contribution is 2.00. The Bertz CT molecular complexity index is 496. The second-order valence-corrected chi connectivity index (χ2v) is 4.41. The normalized spacial score (nSPS) is 10.9. The summed E-state index contributed by atoms with van der Waals surface area (Å²) >= 11 is 0. The van der Waals surface area contributed by atoms with E-state index in [9.17, 15) is 9.59 Å². The molecule has 1 rings (SSSR count). The lowest BCUT2D eigenvalue weighted by Gasteiger charge is -2.01. The summed E-state index contributed by atoms with van der Waals surface area (Å²) < 4.78 is 0. The van der Waals surface area contributed by atoms with Crippen LogP contribution in [0.5, 0.6) is 0 Å². The molecule has 1 aromatic rings. The van der Waals surface area contributed by atoms with Gasteiger partial charge in [0.2, 0.25) is 11.8 Å². The quantitative estimate of drug-likeness (QED) is 0.225. The molecule has 3 N–H and O–H groups in total. The van der Waals surface area contributed by atoms with Crippen LogP contribution in [0.2, 0.25) is 0 Å². The summed E-state index contributed by atoms with van der Waals surface area (Å²) in [6, 6.07) is 9.81. The van der Waals surface area contributed by atoms with Crippen LogP contribution >= 0.6 is 0 Å². The van der Waals surface area contributed by atoms with E-state index in [1.54, 1.807) is 17.6 Å². The molecule has 1 aromatic carbocycles. The molecule has 0 atom stereocenters. The summed E-state index contributed by atoms with van der Waals surface area (Å²) in [5, 5.41) is 11.0. The zero-order valence-corrected chi connectivity index (χ0v) is 11.8. The third kappa shape index (κ3) is 8.39. The van der Waals surface area contributed by atoms with E-state index in [2.05, 4.69) is 5.32 Å². The van der Waals surface area contributed by atoms with Gasteiger partial charge >= 0.3 is 0 Å². The van der Waals surface area contributed by atoms with Crippen LogP contribution in [-0.2, 0) is 9.59 Å². The molecule has 0 saturated carbocycles. The molecule has 0 aliphatic rings. The Labute approximate surface area is 124 Å². The highest BCUT2D eigenvalue weighted by Gasteiger charge is 1.98. The average Bonchev–Trinajstić information content (AvgIpc) is 2.52. The summed E-state index contributed by atoms with van der Waals surface area (Å²) in [5.41, 5.74) is 2.64. The Balaban J connectivity index is 2.14. The Morgan fingerprint density at radius 2 is 1.86 bits per heavy atom. The molecule has 0 radical (unpaired) electrons. The molecule has 0 spiro atoms. The number of allylic oxidation sites excluding steroid dienone is 2. The van der Waals surface area contributed by atoms with Gasteiger partial charge in [-0.25, -0.2) is 5.48 Å². The van der Waals surface area contributed by atoms with Crippen molar-refractivity contribution in [3.8, 4) is 0 Å². The molecule has 0 aromatic heterocycles. The van der Waals surface area contributed by atoms with Crippen molar-refractivity contribution in [2.24, 2.45) is 0 Å². The van der Waals surface area contributed by atoms with Gasteiger partial charge < -0.3 is 5.32 Å². The van der Waals surface area contributed by atoms with Gasteiger partial charge in [-0.05, 0) is 18.4 Å². The predicted octanol–water partition coefficient (Wildman–Crippen LogP) is 2.05. The number of benzene rings is 1. The number of nitrogens with one attached hydrogen (secondary N) is 2. The van der Waals surface area contributed by atoms with E-state index in [1.165, 1.54) is 6.08 Å². The number of hydrogen-bond acceptors (Lipinski definition) is 3. The number of unbranched alkanes of at least 4 members (excludes halogenated alkanes) is 1. The molecule has 0 fully saturated rings. The van der Waals surface area contributed by atoms with Gasteiger partial charge in [0.25, 0.3) is 0 Å². The van der Waals surface area contributed by atoms with Crippen LogP contribution in [0.25, 0.3) is 6.08 Å².